The molecule has 0 amide bonds. The second-order valence-electron chi connectivity index (χ2n) is 10.6. The Hall–Kier alpha value is -6.28. The van der Waals surface area contributed by atoms with E-state index in [2.05, 4.69) is 9.98 Å². The third kappa shape index (κ3) is 4.77. The highest BCUT2D eigenvalue weighted by atomic mass is 19.4. The number of alkyl halides is 6. The summed E-state index contributed by atoms with van der Waals surface area (Å²) in [5.74, 6) is -2.22. The fourth-order valence-corrected chi connectivity index (χ4v) is 5.80. The van der Waals surface area contributed by atoms with Gasteiger partial charge in [-0.05, 0) is 47.5 Å². The van der Waals surface area contributed by atoms with Crippen LogP contribution in [-0.4, -0.2) is 9.97 Å². The van der Waals surface area contributed by atoms with E-state index in [1.165, 1.54) is 36.4 Å². The van der Waals surface area contributed by atoms with Crippen molar-refractivity contribution in [2.24, 2.45) is 9.98 Å². The Kier molecular flexibility index (Phi) is 6.73. The molecule has 0 N–H and O–H groups in total. The van der Waals surface area contributed by atoms with Gasteiger partial charge in [-0.15, -0.1) is 0 Å². The standard InChI is InChI=1S/C34H12F8N6/c35-25-11-17(33(37,38)39)3-7-19(25)15-1-5-21-23(9-15)27(45-13-43)31-29(21)47-32-28(46-14-44)24-10-16(2-6-22(24)30(32)48-31)20-8-4-18(12-26(20)36)34(40,41)42/h1-12H/b45-27+,46-28+. The molecule has 1 aromatic heterocycles. The molecule has 0 bridgehead atoms. The van der Waals surface area contributed by atoms with E-state index in [1.807, 2.05) is 0 Å². The van der Waals surface area contributed by atoms with E-state index in [-0.39, 0.29) is 55.0 Å². The summed E-state index contributed by atoms with van der Waals surface area (Å²) in [6.45, 7) is 0. The third-order valence-corrected chi connectivity index (χ3v) is 7.94. The van der Waals surface area contributed by atoms with Gasteiger partial charge in [0.2, 0.25) is 12.4 Å². The van der Waals surface area contributed by atoms with E-state index < -0.39 is 35.1 Å². The Morgan fingerprint density at radius 1 is 0.500 bits per heavy atom. The van der Waals surface area contributed by atoms with Gasteiger partial charge in [-0.1, -0.05) is 36.4 Å². The molecule has 7 rings (SSSR count). The highest BCUT2D eigenvalue weighted by Crippen LogP contribution is 2.37. The van der Waals surface area contributed by atoms with Gasteiger partial charge < -0.3 is 0 Å². The SMILES string of the molecule is N#C/N=c1\c2cc(-c3ccc(C(F)(F)F)cc3F)ccc2c2nc3/c(=N/C#N)c4cc(-c5ccc(C(F)(F)F)cc5F)ccc4c3nc12. The summed E-state index contributed by atoms with van der Waals surface area (Å²) >= 11 is 0. The highest BCUT2D eigenvalue weighted by molar-refractivity contribution is 6.15. The van der Waals surface area contributed by atoms with Crippen molar-refractivity contribution < 1.29 is 35.1 Å². The van der Waals surface area contributed by atoms with Crippen LogP contribution in [0, 0.1) is 34.5 Å². The van der Waals surface area contributed by atoms with Crippen LogP contribution in [-0.2, 0) is 12.4 Å². The van der Waals surface area contributed by atoms with Gasteiger partial charge in [0.1, 0.15) is 33.4 Å². The van der Waals surface area contributed by atoms with E-state index in [9.17, 15) is 45.6 Å². The molecule has 0 aliphatic carbocycles. The monoisotopic (exact) mass is 656 g/mol. The number of fused-ring (bicyclic) bond motifs is 6. The molecule has 0 fully saturated rings. The number of aromatic nitrogens is 2. The molecule has 0 unspecified atom stereocenters. The van der Waals surface area contributed by atoms with Crippen LogP contribution in [0.15, 0.2) is 82.8 Å². The zero-order valence-electron chi connectivity index (χ0n) is 23.6. The van der Waals surface area contributed by atoms with Gasteiger partial charge in [-0.2, -0.15) is 46.9 Å². The molecule has 0 spiro atoms. The topological polar surface area (TPSA) is 98.1 Å². The predicted molar refractivity (Wildman–Crippen MR) is 158 cm³/mol. The maximum Gasteiger partial charge on any atom is 0.416 e. The first kappa shape index (κ1) is 30.4. The maximum absolute atomic E-state index is 14.9. The molecule has 7 aromatic rings. The second kappa shape index (κ2) is 10.6. The lowest BCUT2D eigenvalue weighted by atomic mass is 10.0. The first-order valence-electron chi connectivity index (χ1n) is 13.7. The summed E-state index contributed by atoms with van der Waals surface area (Å²) in [5, 5.41) is 20.5. The van der Waals surface area contributed by atoms with Gasteiger partial charge in [-0.25, -0.2) is 18.7 Å². The summed E-state index contributed by atoms with van der Waals surface area (Å²) in [4.78, 5) is 17.2. The van der Waals surface area contributed by atoms with Crippen molar-refractivity contribution >= 4 is 43.6 Å². The molecule has 234 valence electrons. The number of nitriles is 2. The average molecular weight is 656 g/mol. The molecule has 0 aliphatic rings. The summed E-state index contributed by atoms with van der Waals surface area (Å²) in [6.07, 6.45) is -6.09. The average Bonchev–Trinajstić information content (AvgIpc) is 3.50. The number of nitrogens with zero attached hydrogens (tertiary/aromatic N) is 6. The van der Waals surface area contributed by atoms with Crippen LogP contribution in [0.5, 0.6) is 0 Å². The minimum absolute atomic E-state index is 0.0580. The Morgan fingerprint density at radius 2 is 0.896 bits per heavy atom. The van der Waals surface area contributed by atoms with Crippen molar-refractivity contribution in [2.75, 3.05) is 0 Å². The van der Waals surface area contributed by atoms with Gasteiger partial charge in [0.05, 0.1) is 22.2 Å². The normalized spacial score (nSPS) is 13.2. The number of rotatable bonds is 2. The number of hydrogen-bond donors (Lipinski definition) is 0. The van der Waals surface area contributed by atoms with Crippen LogP contribution < -0.4 is 10.7 Å². The molecule has 6 nitrogen and oxygen atoms in total. The molecule has 1 heterocycles. The molecule has 48 heavy (non-hydrogen) atoms. The first-order chi connectivity index (χ1) is 22.8. The van der Waals surface area contributed by atoms with Crippen molar-refractivity contribution in [3.05, 3.63) is 106 Å². The summed E-state index contributed by atoms with van der Waals surface area (Å²) < 4.78 is 108. The van der Waals surface area contributed by atoms with Crippen LogP contribution in [0.4, 0.5) is 35.1 Å². The minimum Gasteiger partial charge on any atom is -0.241 e. The lowest BCUT2D eigenvalue weighted by Crippen LogP contribution is -2.05. The molecule has 6 aromatic carbocycles. The summed E-state index contributed by atoms with van der Waals surface area (Å²) in [7, 11) is 0. The zero-order valence-corrected chi connectivity index (χ0v) is 23.6. The second-order valence-corrected chi connectivity index (χ2v) is 10.6. The van der Waals surface area contributed by atoms with E-state index in [4.69, 9.17) is 9.97 Å². The lowest BCUT2D eigenvalue weighted by Gasteiger charge is -2.09. The van der Waals surface area contributed by atoms with E-state index in [0.29, 0.717) is 33.7 Å². The van der Waals surface area contributed by atoms with Crippen molar-refractivity contribution in [3.8, 4) is 34.6 Å². The van der Waals surface area contributed by atoms with Crippen LogP contribution in [0.3, 0.4) is 0 Å². The smallest absolute Gasteiger partial charge is 0.241 e. The van der Waals surface area contributed by atoms with Crippen molar-refractivity contribution in [1.82, 2.24) is 9.97 Å². The fourth-order valence-electron chi connectivity index (χ4n) is 5.80. The fraction of sp³-hybridized carbons (Fsp3) is 0.0588. The molecule has 0 saturated heterocycles. The van der Waals surface area contributed by atoms with E-state index in [0.717, 1.165) is 24.3 Å². The molecule has 0 atom stereocenters. The molecule has 14 heteroatoms. The molecular formula is C34H12F8N6. The molecule has 0 aliphatic heterocycles. The quantitative estimate of drug-likeness (QED) is 0.138. The zero-order chi connectivity index (χ0) is 34.1. The molecule has 0 radical (unpaired) electrons. The third-order valence-electron chi connectivity index (χ3n) is 7.94. The Labute approximate surface area is 262 Å². The molecular weight excluding hydrogens is 644 g/mol. The predicted octanol–water partition coefficient (Wildman–Crippen LogP) is 8.38. The Bertz CT molecular complexity index is 2520. The summed E-state index contributed by atoms with van der Waals surface area (Å²) in [6, 6.07) is 13.2. The van der Waals surface area contributed by atoms with E-state index in [1.54, 1.807) is 12.4 Å². The number of halogens is 8. The van der Waals surface area contributed by atoms with Gasteiger partial charge in [0.25, 0.3) is 0 Å². The van der Waals surface area contributed by atoms with Gasteiger partial charge >= 0.3 is 12.4 Å². The highest BCUT2D eigenvalue weighted by Gasteiger charge is 2.32. The Balaban J connectivity index is 1.46. The lowest BCUT2D eigenvalue weighted by molar-refractivity contribution is -0.138. The minimum atomic E-state index is -4.74. The van der Waals surface area contributed by atoms with Gasteiger partial charge in [0.15, 0.2) is 0 Å². The van der Waals surface area contributed by atoms with Crippen LogP contribution in [0.25, 0.3) is 65.9 Å². The van der Waals surface area contributed by atoms with Crippen molar-refractivity contribution in [2.45, 2.75) is 12.4 Å². The first-order valence-corrected chi connectivity index (χ1v) is 13.7. The van der Waals surface area contributed by atoms with Crippen molar-refractivity contribution in [3.63, 3.8) is 0 Å². The maximum atomic E-state index is 14.9. The van der Waals surface area contributed by atoms with E-state index >= 15 is 0 Å². The van der Waals surface area contributed by atoms with Crippen molar-refractivity contribution in [1.29, 1.82) is 10.5 Å². The van der Waals surface area contributed by atoms with Crippen LogP contribution in [0.2, 0.25) is 0 Å². The molecule has 0 saturated carbocycles. The largest absolute Gasteiger partial charge is 0.416 e. The number of hydrogen-bond acceptors (Lipinski definition) is 6. The Morgan fingerprint density at radius 3 is 1.23 bits per heavy atom. The van der Waals surface area contributed by atoms with Gasteiger partial charge in [-0.3, -0.25) is 0 Å². The summed E-state index contributed by atoms with van der Waals surface area (Å²) in [5.41, 5.74) is -1.41. The van der Waals surface area contributed by atoms with Crippen LogP contribution in [0.1, 0.15) is 11.1 Å². The van der Waals surface area contributed by atoms with Gasteiger partial charge in [0, 0.05) is 32.7 Å². The van der Waals surface area contributed by atoms with Crippen LogP contribution >= 0.6 is 0 Å². The number of benzene rings is 4.